The van der Waals surface area contributed by atoms with Gasteiger partial charge in [-0.2, -0.15) is 38.3 Å². The van der Waals surface area contributed by atoms with Crippen LogP contribution < -0.4 is 20.4 Å². The maximum atomic E-state index is 12.6. The monoisotopic (exact) mass is 866 g/mol. The van der Waals surface area contributed by atoms with Crippen LogP contribution in [-0.4, -0.2) is 84.6 Å². The molecular formula is C36H32Cl2N10O8S2. The highest BCUT2D eigenvalue weighted by Crippen LogP contribution is 2.32. The number of hydrogen-bond acceptors (Lipinski definition) is 18. The third-order valence-electron chi connectivity index (χ3n) is 7.87. The van der Waals surface area contributed by atoms with Crippen molar-refractivity contribution in [2.75, 3.05) is 46.7 Å². The highest BCUT2D eigenvalue weighted by molar-refractivity contribution is 7.94. The van der Waals surface area contributed by atoms with Crippen molar-refractivity contribution in [2.45, 2.75) is 9.79 Å². The van der Waals surface area contributed by atoms with Crippen LogP contribution in [0.4, 0.5) is 46.5 Å². The quantitative estimate of drug-likeness (QED) is 0.0168. The van der Waals surface area contributed by atoms with E-state index in [1.165, 1.54) is 24.3 Å². The van der Waals surface area contributed by atoms with Crippen molar-refractivity contribution in [3.63, 3.8) is 0 Å². The number of nitrogens with one attached hydrogen (secondary N) is 2. The number of benzene rings is 4. The summed E-state index contributed by atoms with van der Waals surface area (Å²) in [5.41, 5.74) is 2.62. The average Bonchev–Trinajstić information content (AvgIpc) is 3.21. The number of aliphatic hydroxyl groups excluding tert-OH is 2. The molecule has 0 aliphatic rings. The zero-order valence-corrected chi connectivity index (χ0v) is 32.9. The minimum Gasteiger partial charge on any atom is -0.395 e. The minimum atomic E-state index is -4.77. The first kappa shape index (κ1) is 42.1. The van der Waals surface area contributed by atoms with E-state index in [1.54, 1.807) is 46.2 Å². The Morgan fingerprint density at radius 3 is 1.64 bits per heavy atom. The molecule has 2 aromatic heterocycles. The summed E-state index contributed by atoms with van der Waals surface area (Å²) in [6, 6.07) is 27.3. The van der Waals surface area contributed by atoms with Crippen molar-refractivity contribution in [3.05, 3.63) is 119 Å². The molecule has 0 bridgehead atoms. The zero-order chi connectivity index (χ0) is 41.1. The summed E-state index contributed by atoms with van der Waals surface area (Å²) >= 11 is 13.1. The lowest BCUT2D eigenvalue weighted by atomic mass is 10.1. The van der Waals surface area contributed by atoms with E-state index in [1.807, 2.05) is 48.5 Å². The topological polar surface area (TPSA) is 241 Å². The van der Waals surface area contributed by atoms with Gasteiger partial charge in [0.05, 0.1) is 25.3 Å². The summed E-state index contributed by atoms with van der Waals surface area (Å²) < 4.78 is 40.2. The van der Waals surface area contributed by atoms with Gasteiger partial charge in [0.2, 0.25) is 34.4 Å². The smallest absolute Gasteiger partial charge is 0.295 e. The van der Waals surface area contributed by atoms with Crippen LogP contribution in [0.15, 0.2) is 107 Å². The number of aliphatic hydroxyl groups is 2. The van der Waals surface area contributed by atoms with Gasteiger partial charge in [0, 0.05) is 40.7 Å². The molecule has 58 heavy (non-hydrogen) atoms. The van der Waals surface area contributed by atoms with Crippen molar-refractivity contribution in [3.8, 4) is 0 Å². The molecule has 6 N–H and O–H groups in total. The zero-order valence-electron chi connectivity index (χ0n) is 29.8. The Morgan fingerprint density at radius 2 is 1.16 bits per heavy atom. The maximum Gasteiger partial charge on any atom is 0.295 e. The van der Waals surface area contributed by atoms with Crippen LogP contribution in [0.3, 0.4) is 0 Å². The number of nitrogens with zero attached hydrogens (tertiary/aromatic N) is 8. The molecule has 0 unspecified atom stereocenters. The van der Waals surface area contributed by atoms with E-state index in [0.717, 1.165) is 5.69 Å². The number of anilines is 8. The summed E-state index contributed by atoms with van der Waals surface area (Å²) in [5.74, 6) is 0.347. The van der Waals surface area contributed by atoms with Gasteiger partial charge in [-0.15, -0.1) is 4.33 Å². The Kier molecular flexibility index (Phi) is 14.3. The predicted octanol–water partition coefficient (Wildman–Crippen LogP) is 6.96. The summed E-state index contributed by atoms with van der Waals surface area (Å²) in [4.78, 5) is 28.8. The Hall–Kier alpha value is -5.52. The van der Waals surface area contributed by atoms with Gasteiger partial charge >= 0.3 is 0 Å². The Labute approximate surface area is 345 Å². The van der Waals surface area contributed by atoms with Crippen LogP contribution in [0.2, 0.25) is 10.6 Å². The molecule has 2 heterocycles. The molecule has 6 rings (SSSR count). The van der Waals surface area contributed by atoms with Crippen molar-refractivity contribution in [2.24, 2.45) is 0 Å². The molecule has 0 fully saturated rings. The second-order valence-electron chi connectivity index (χ2n) is 11.7. The van der Waals surface area contributed by atoms with Gasteiger partial charge in [-0.1, -0.05) is 65.7 Å². The Morgan fingerprint density at radius 1 is 0.672 bits per heavy atom. The third-order valence-corrected chi connectivity index (χ3v) is 9.78. The van der Waals surface area contributed by atoms with Gasteiger partial charge in [-0.3, -0.25) is 4.55 Å². The Bertz CT molecular complexity index is 2480. The normalized spacial score (nSPS) is 11.5. The summed E-state index contributed by atoms with van der Waals surface area (Å²) in [6.07, 6.45) is 2.99. The molecule has 0 saturated carbocycles. The fourth-order valence-corrected chi connectivity index (χ4v) is 6.95. The second-order valence-corrected chi connectivity index (χ2v) is 14.5. The largest absolute Gasteiger partial charge is 0.395 e. The molecular weight excluding hydrogens is 835 g/mol. The number of hydrogen-bond donors (Lipinski definition) is 6. The standard InChI is InChI=1S/C36H32Cl2N10O8S2/c37-31-41-33(45-35(43-31)47(17-19-49)27-7-3-1-4-8-27)39-25-15-13-23(29(21-25)57-56-55-51)11-12-24-14-16-26(22-30(24)58(52,53)54)40-34-42-32(38)44-36(46-34)48(18-20-50)28-9-5-2-6-10-28/h1-16,21-22,49-51H,17-20H2,(H,52,53,54)(H,39,41,43,45)(H,40,42,44,46)/b12-11+. The van der Waals surface area contributed by atoms with Gasteiger partial charge in [0.1, 0.15) is 4.90 Å². The van der Waals surface area contributed by atoms with Crippen molar-refractivity contribution in [1.82, 2.24) is 29.9 Å². The summed E-state index contributed by atoms with van der Waals surface area (Å²) in [7, 11) is -4.77. The number of aromatic nitrogens is 6. The summed E-state index contributed by atoms with van der Waals surface area (Å²) in [6.45, 7) is -0.0771. The van der Waals surface area contributed by atoms with Crippen LogP contribution in [0.1, 0.15) is 11.1 Å². The van der Waals surface area contributed by atoms with Crippen LogP contribution in [-0.2, 0) is 19.5 Å². The van der Waals surface area contributed by atoms with Gasteiger partial charge in [0.15, 0.2) is 0 Å². The first-order chi connectivity index (χ1) is 28.0. The van der Waals surface area contributed by atoms with E-state index in [-0.39, 0.29) is 71.9 Å². The molecule has 18 nitrogen and oxygen atoms in total. The second kappa shape index (κ2) is 19.8. The maximum absolute atomic E-state index is 12.6. The van der Waals surface area contributed by atoms with E-state index >= 15 is 0 Å². The SMILES string of the molecule is O=S(=O)(O)c1cc(Nc2nc(Cl)nc(N(CCO)c3ccccc3)n2)ccc1/C=C/c1ccc(Nc2nc(Cl)nc(N(CCO)c3ccccc3)n2)cc1SOOO. The van der Waals surface area contributed by atoms with E-state index in [4.69, 9.17) is 32.8 Å². The summed E-state index contributed by atoms with van der Waals surface area (Å²) in [5, 5.41) is 37.8. The van der Waals surface area contributed by atoms with Gasteiger partial charge in [0.25, 0.3) is 10.1 Å². The van der Waals surface area contributed by atoms with E-state index in [9.17, 15) is 23.2 Å². The van der Waals surface area contributed by atoms with E-state index < -0.39 is 15.0 Å². The van der Waals surface area contributed by atoms with Gasteiger partial charge in [-0.05, 0) is 82.9 Å². The molecule has 0 saturated heterocycles. The van der Waals surface area contributed by atoms with Crippen LogP contribution in [0.25, 0.3) is 12.2 Å². The first-order valence-electron chi connectivity index (χ1n) is 16.9. The molecule has 4 aromatic carbocycles. The van der Waals surface area contributed by atoms with Crippen molar-refractivity contribution < 1.29 is 37.8 Å². The lowest BCUT2D eigenvalue weighted by molar-refractivity contribution is -0.432. The van der Waals surface area contributed by atoms with E-state index in [0.29, 0.717) is 33.9 Å². The number of rotatable bonds is 18. The van der Waals surface area contributed by atoms with Crippen LogP contribution >= 0.6 is 35.2 Å². The molecule has 0 atom stereocenters. The van der Waals surface area contributed by atoms with Gasteiger partial charge < -0.3 is 30.6 Å². The molecule has 22 heteroatoms. The molecule has 300 valence electrons. The predicted molar refractivity (Wildman–Crippen MR) is 220 cm³/mol. The molecule has 0 spiro atoms. The van der Waals surface area contributed by atoms with Crippen LogP contribution in [0.5, 0.6) is 0 Å². The molecule has 0 amide bonds. The molecule has 0 aliphatic carbocycles. The van der Waals surface area contributed by atoms with Gasteiger partial charge in [-0.25, -0.2) is 5.26 Å². The molecule has 6 aromatic rings. The third kappa shape index (κ3) is 11.1. The molecule has 0 aliphatic heterocycles. The van der Waals surface area contributed by atoms with Crippen LogP contribution in [0, 0.1) is 0 Å². The lowest BCUT2D eigenvalue weighted by Gasteiger charge is -2.22. The van der Waals surface area contributed by atoms with Crippen molar-refractivity contribution >= 4 is 104 Å². The average molecular weight is 868 g/mol. The number of halogens is 2. The number of para-hydroxylation sites is 2. The Balaban J connectivity index is 1.26. The lowest BCUT2D eigenvalue weighted by Crippen LogP contribution is -2.24. The highest BCUT2D eigenvalue weighted by Gasteiger charge is 2.19. The first-order valence-corrected chi connectivity index (χ1v) is 19.8. The van der Waals surface area contributed by atoms with E-state index in [2.05, 4.69) is 45.6 Å². The molecule has 0 radical (unpaired) electrons. The fourth-order valence-electron chi connectivity index (χ4n) is 5.42. The van der Waals surface area contributed by atoms with Crippen molar-refractivity contribution in [1.29, 1.82) is 0 Å². The highest BCUT2D eigenvalue weighted by atomic mass is 35.5. The fraction of sp³-hybridized carbons (Fsp3) is 0.111. The minimum absolute atomic E-state index is 0.0331.